The molecule has 0 amide bonds. The Morgan fingerprint density at radius 3 is 2.08 bits per heavy atom. The fourth-order valence-corrected chi connectivity index (χ4v) is 3.94. The summed E-state index contributed by atoms with van der Waals surface area (Å²) in [6.45, 7) is 0. The topological polar surface area (TPSA) is 35.5 Å². The smallest absolute Gasteiger partial charge is 0.340 e. The van der Waals surface area contributed by atoms with E-state index in [2.05, 4.69) is 0 Å². The average Bonchev–Trinajstić information content (AvgIpc) is 2.90. The van der Waals surface area contributed by atoms with Crippen molar-refractivity contribution in [2.45, 2.75) is 5.60 Å². The molecule has 2 heterocycles. The number of rotatable bonds is 0. The summed E-state index contributed by atoms with van der Waals surface area (Å²) >= 11 is 6.52. The van der Waals surface area contributed by atoms with Gasteiger partial charge < -0.3 is 9.47 Å². The van der Waals surface area contributed by atoms with E-state index >= 15 is 0 Å². The quantitative estimate of drug-likeness (QED) is 0.548. The van der Waals surface area contributed by atoms with Crippen molar-refractivity contribution in [3.8, 4) is 11.5 Å². The zero-order valence-corrected chi connectivity index (χ0v) is 13.2. The molecular formula is C20H11ClO3. The van der Waals surface area contributed by atoms with Crippen molar-refractivity contribution in [3.05, 3.63) is 94.0 Å². The molecular weight excluding hydrogens is 324 g/mol. The van der Waals surface area contributed by atoms with Crippen LogP contribution >= 0.6 is 11.6 Å². The van der Waals surface area contributed by atoms with Gasteiger partial charge in [0.05, 0.1) is 5.56 Å². The second-order valence-electron chi connectivity index (χ2n) is 5.83. The number of para-hydroxylation sites is 2. The van der Waals surface area contributed by atoms with Gasteiger partial charge >= 0.3 is 5.97 Å². The molecule has 2 aliphatic rings. The summed E-state index contributed by atoms with van der Waals surface area (Å²) in [5.74, 6) is 0.951. The van der Waals surface area contributed by atoms with Crippen molar-refractivity contribution in [1.82, 2.24) is 0 Å². The summed E-state index contributed by atoms with van der Waals surface area (Å²) in [4.78, 5) is 12.6. The van der Waals surface area contributed by atoms with Gasteiger partial charge in [-0.15, -0.1) is 0 Å². The first kappa shape index (κ1) is 13.6. The number of hydrogen-bond acceptors (Lipinski definition) is 3. The van der Waals surface area contributed by atoms with Crippen molar-refractivity contribution in [1.29, 1.82) is 0 Å². The number of ether oxygens (including phenoxy) is 2. The van der Waals surface area contributed by atoms with E-state index in [0.29, 0.717) is 27.6 Å². The zero-order chi connectivity index (χ0) is 16.3. The van der Waals surface area contributed by atoms with Gasteiger partial charge in [0.25, 0.3) is 0 Å². The standard InChI is InChI=1S/C20H11ClO3/c21-15-9-5-6-12-18(15)20(24-19(12)22)13-7-1-3-10-16(13)23-17-11-4-2-8-14(17)20/h1-11H. The molecule has 0 unspecified atom stereocenters. The minimum absolute atomic E-state index is 0.376. The van der Waals surface area contributed by atoms with E-state index < -0.39 is 5.60 Å². The minimum atomic E-state index is -1.07. The van der Waals surface area contributed by atoms with Gasteiger partial charge in [-0.3, -0.25) is 0 Å². The second kappa shape index (κ2) is 4.62. The van der Waals surface area contributed by atoms with E-state index in [0.717, 1.165) is 11.1 Å². The predicted octanol–water partition coefficient (Wildman–Crippen LogP) is 4.91. The molecule has 3 aromatic rings. The second-order valence-corrected chi connectivity index (χ2v) is 6.23. The molecule has 24 heavy (non-hydrogen) atoms. The van der Waals surface area contributed by atoms with Crippen LogP contribution in [0.5, 0.6) is 11.5 Å². The Labute approximate surface area is 143 Å². The Kier molecular flexibility index (Phi) is 2.62. The third-order valence-electron chi connectivity index (χ3n) is 4.58. The van der Waals surface area contributed by atoms with Crippen LogP contribution < -0.4 is 4.74 Å². The van der Waals surface area contributed by atoms with Gasteiger partial charge in [-0.2, -0.15) is 0 Å². The molecule has 116 valence electrons. The highest BCUT2D eigenvalue weighted by atomic mass is 35.5. The summed E-state index contributed by atoms with van der Waals surface area (Å²) in [7, 11) is 0. The van der Waals surface area contributed by atoms with Crippen LogP contribution in [-0.2, 0) is 10.3 Å². The lowest BCUT2D eigenvalue weighted by atomic mass is 9.78. The lowest BCUT2D eigenvalue weighted by molar-refractivity contribution is 0.0224. The van der Waals surface area contributed by atoms with Crippen molar-refractivity contribution < 1.29 is 14.3 Å². The highest BCUT2D eigenvalue weighted by Crippen LogP contribution is 2.57. The zero-order valence-electron chi connectivity index (χ0n) is 12.5. The molecule has 2 aliphatic heterocycles. The van der Waals surface area contributed by atoms with Crippen molar-refractivity contribution in [3.63, 3.8) is 0 Å². The number of carbonyl (C=O) groups is 1. The van der Waals surface area contributed by atoms with E-state index in [4.69, 9.17) is 21.1 Å². The Morgan fingerprint density at radius 2 is 1.42 bits per heavy atom. The molecule has 5 rings (SSSR count). The van der Waals surface area contributed by atoms with E-state index in [-0.39, 0.29) is 5.97 Å². The van der Waals surface area contributed by atoms with E-state index in [1.54, 1.807) is 18.2 Å². The molecule has 0 bridgehead atoms. The highest BCUT2D eigenvalue weighted by molar-refractivity contribution is 6.32. The number of benzene rings is 3. The van der Waals surface area contributed by atoms with Crippen LogP contribution in [0.4, 0.5) is 0 Å². The number of esters is 1. The van der Waals surface area contributed by atoms with Gasteiger partial charge in [-0.05, 0) is 24.3 Å². The van der Waals surface area contributed by atoms with Gasteiger partial charge in [0.15, 0.2) is 5.60 Å². The predicted molar refractivity (Wildman–Crippen MR) is 89.7 cm³/mol. The van der Waals surface area contributed by atoms with E-state index in [1.807, 2.05) is 48.5 Å². The Balaban J connectivity index is 1.96. The first-order chi connectivity index (χ1) is 11.7. The molecule has 1 spiro atoms. The largest absolute Gasteiger partial charge is 0.456 e. The fraction of sp³-hybridized carbons (Fsp3) is 0.0500. The number of fused-ring (bicyclic) bond motifs is 6. The lowest BCUT2D eigenvalue weighted by Gasteiger charge is -2.36. The molecule has 0 aliphatic carbocycles. The van der Waals surface area contributed by atoms with Crippen LogP contribution in [0.1, 0.15) is 27.0 Å². The van der Waals surface area contributed by atoms with E-state index in [9.17, 15) is 4.79 Å². The van der Waals surface area contributed by atoms with Gasteiger partial charge in [-0.1, -0.05) is 54.1 Å². The van der Waals surface area contributed by atoms with Crippen molar-refractivity contribution >= 4 is 17.6 Å². The van der Waals surface area contributed by atoms with Crippen molar-refractivity contribution in [2.75, 3.05) is 0 Å². The van der Waals surface area contributed by atoms with Crippen LogP contribution in [-0.4, -0.2) is 5.97 Å². The Morgan fingerprint density at radius 1 is 0.792 bits per heavy atom. The molecule has 0 saturated heterocycles. The summed E-state index contributed by atoms with van der Waals surface area (Å²) in [5.41, 5.74) is 1.66. The maximum atomic E-state index is 12.6. The van der Waals surface area contributed by atoms with Crippen LogP contribution in [0.15, 0.2) is 66.7 Å². The molecule has 0 fully saturated rings. The first-order valence-corrected chi connectivity index (χ1v) is 7.99. The number of carbonyl (C=O) groups excluding carboxylic acids is 1. The minimum Gasteiger partial charge on any atom is -0.456 e. The maximum absolute atomic E-state index is 12.6. The third kappa shape index (κ3) is 1.55. The van der Waals surface area contributed by atoms with E-state index in [1.165, 1.54) is 0 Å². The van der Waals surface area contributed by atoms with Gasteiger partial charge in [0, 0.05) is 21.7 Å². The van der Waals surface area contributed by atoms with Gasteiger partial charge in [0.2, 0.25) is 0 Å². The number of halogens is 1. The lowest BCUT2D eigenvalue weighted by Crippen LogP contribution is -2.33. The third-order valence-corrected chi connectivity index (χ3v) is 4.90. The highest BCUT2D eigenvalue weighted by Gasteiger charge is 2.54. The molecule has 0 radical (unpaired) electrons. The molecule has 0 atom stereocenters. The maximum Gasteiger partial charge on any atom is 0.340 e. The van der Waals surface area contributed by atoms with Crippen LogP contribution in [0.3, 0.4) is 0 Å². The molecule has 4 heteroatoms. The molecule has 3 aromatic carbocycles. The summed E-state index contributed by atoms with van der Waals surface area (Å²) in [6, 6.07) is 20.5. The van der Waals surface area contributed by atoms with Crippen LogP contribution in [0, 0.1) is 0 Å². The van der Waals surface area contributed by atoms with Gasteiger partial charge in [0.1, 0.15) is 11.5 Å². The summed E-state index contributed by atoms with van der Waals surface area (Å²) < 4.78 is 12.0. The Hall–Kier alpha value is -2.78. The van der Waals surface area contributed by atoms with Crippen molar-refractivity contribution in [2.24, 2.45) is 0 Å². The molecule has 0 saturated carbocycles. The fourth-order valence-electron chi connectivity index (χ4n) is 3.63. The molecule has 3 nitrogen and oxygen atoms in total. The van der Waals surface area contributed by atoms with Gasteiger partial charge in [-0.25, -0.2) is 4.79 Å². The number of hydrogen-bond donors (Lipinski definition) is 0. The van der Waals surface area contributed by atoms with Crippen LogP contribution in [0.25, 0.3) is 0 Å². The molecule has 0 N–H and O–H groups in total. The summed E-state index contributed by atoms with van der Waals surface area (Å²) in [5, 5.41) is 0.504. The first-order valence-electron chi connectivity index (χ1n) is 7.61. The Bertz CT molecular complexity index is 964. The normalized spacial score (nSPS) is 16.0. The SMILES string of the molecule is O=C1OC2(c3ccccc3Oc3ccccc32)c2c(Cl)cccc21. The molecule has 0 aromatic heterocycles. The summed E-state index contributed by atoms with van der Waals surface area (Å²) in [6.07, 6.45) is 0. The van der Waals surface area contributed by atoms with Crippen LogP contribution in [0.2, 0.25) is 5.02 Å². The average molecular weight is 335 g/mol. The monoisotopic (exact) mass is 334 g/mol.